The SMILES string of the molecule is Cc1cc(CC(C)(O)CCN)ccc1Cl. The summed E-state index contributed by atoms with van der Waals surface area (Å²) in [6.07, 6.45) is 1.22. The quantitative estimate of drug-likeness (QED) is 0.829. The first-order chi connectivity index (χ1) is 6.94. The molecule has 0 radical (unpaired) electrons. The van der Waals surface area contributed by atoms with Crippen molar-refractivity contribution in [1.82, 2.24) is 0 Å². The minimum absolute atomic E-state index is 0.500. The summed E-state index contributed by atoms with van der Waals surface area (Å²) < 4.78 is 0. The Kier molecular flexibility index (Phi) is 4.14. The van der Waals surface area contributed by atoms with E-state index < -0.39 is 5.60 Å². The lowest BCUT2D eigenvalue weighted by Gasteiger charge is -2.22. The van der Waals surface area contributed by atoms with Gasteiger partial charge in [-0.15, -0.1) is 0 Å². The maximum absolute atomic E-state index is 10.0. The number of benzene rings is 1. The number of halogens is 1. The molecule has 0 aliphatic rings. The number of aliphatic hydroxyl groups is 1. The fourth-order valence-electron chi connectivity index (χ4n) is 1.66. The van der Waals surface area contributed by atoms with E-state index in [4.69, 9.17) is 17.3 Å². The van der Waals surface area contributed by atoms with E-state index in [-0.39, 0.29) is 0 Å². The molecule has 3 N–H and O–H groups in total. The highest BCUT2D eigenvalue weighted by Crippen LogP contribution is 2.21. The van der Waals surface area contributed by atoms with Crippen molar-refractivity contribution in [3.05, 3.63) is 34.3 Å². The summed E-state index contributed by atoms with van der Waals surface area (Å²) in [5.74, 6) is 0. The second kappa shape index (κ2) is 4.97. The topological polar surface area (TPSA) is 46.2 Å². The second-order valence-electron chi connectivity index (χ2n) is 4.30. The number of aryl methyl sites for hydroxylation is 1. The van der Waals surface area contributed by atoms with Gasteiger partial charge in [0, 0.05) is 11.4 Å². The van der Waals surface area contributed by atoms with Crippen LogP contribution in [0.1, 0.15) is 24.5 Å². The first kappa shape index (κ1) is 12.5. The van der Waals surface area contributed by atoms with E-state index in [1.165, 1.54) is 0 Å². The molecule has 84 valence electrons. The molecule has 0 saturated carbocycles. The van der Waals surface area contributed by atoms with Gasteiger partial charge in [-0.25, -0.2) is 0 Å². The molecule has 0 bridgehead atoms. The van der Waals surface area contributed by atoms with Gasteiger partial charge in [-0.05, 0) is 44.0 Å². The van der Waals surface area contributed by atoms with Crippen molar-refractivity contribution in [2.75, 3.05) is 6.54 Å². The van der Waals surface area contributed by atoms with Gasteiger partial charge in [0.1, 0.15) is 0 Å². The number of hydrogen-bond donors (Lipinski definition) is 2. The monoisotopic (exact) mass is 227 g/mol. The third-order valence-corrected chi connectivity index (χ3v) is 2.91. The average molecular weight is 228 g/mol. The van der Waals surface area contributed by atoms with E-state index in [2.05, 4.69) is 0 Å². The highest BCUT2D eigenvalue weighted by atomic mass is 35.5. The Bertz CT molecular complexity index is 336. The molecule has 0 amide bonds. The van der Waals surface area contributed by atoms with Gasteiger partial charge in [-0.2, -0.15) is 0 Å². The largest absolute Gasteiger partial charge is 0.390 e. The van der Waals surface area contributed by atoms with Gasteiger partial charge >= 0.3 is 0 Å². The smallest absolute Gasteiger partial charge is 0.0671 e. The Balaban J connectivity index is 2.76. The predicted octanol–water partition coefficient (Wildman–Crippen LogP) is 2.29. The molecular formula is C12H18ClNO. The van der Waals surface area contributed by atoms with Crippen molar-refractivity contribution in [3.63, 3.8) is 0 Å². The van der Waals surface area contributed by atoms with Crippen LogP contribution in [0, 0.1) is 6.92 Å². The van der Waals surface area contributed by atoms with Crippen LogP contribution in [-0.4, -0.2) is 17.3 Å². The van der Waals surface area contributed by atoms with Crippen LogP contribution in [0.4, 0.5) is 0 Å². The lowest BCUT2D eigenvalue weighted by atomic mass is 9.93. The van der Waals surface area contributed by atoms with Gasteiger partial charge in [0.2, 0.25) is 0 Å². The molecule has 15 heavy (non-hydrogen) atoms. The van der Waals surface area contributed by atoms with Crippen molar-refractivity contribution < 1.29 is 5.11 Å². The molecule has 3 heteroatoms. The zero-order valence-corrected chi connectivity index (χ0v) is 10.0. The first-order valence-corrected chi connectivity index (χ1v) is 5.50. The third kappa shape index (κ3) is 3.82. The summed E-state index contributed by atoms with van der Waals surface area (Å²) in [7, 11) is 0. The van der Waals surface area contributed by atoms with E-state index in [1.54, 1.807) is 0 Å². The molecule has 0 aliphatic heterocycles. The summed E-state index contributed by atoms with van der Waals surface area (Å²) in [6.45, 7) is 4.27. The molecule has 0 fully saturated rings. The van der Waals surface area contributed by atoms with Gasteiger partial charge in [-0.1, -0.05) is 23.7 Å². The lowest BCUT2D eigenvalue weighted by Crippen LogP contribution is -2.30. The highest BCUT2D eigenvalue weighted by Gasteiger charge is 2.19. The Hall–Kier alpha value is -0.570. The van der Waals surface area contributed by atoms with Gasteiger partial charge in [0.05, 0.1) is 5.60 Å². The fraction of sp³-hybridized carbons (Fsp3) is 0.500. The maximum atomic E-state index is 10.0. The normalized spacial score (nSPS) is 15.0. The van der Waals surface area contributed by atoms with Gasteiger partial charge in [-0.3, -0.25) is 0 Å². The zero-order valence-electron chi connectivity index (χ0n) is 9.26. The van der Waals surface area contributed by atoms with Crippen LogP contribution in [-0.2, 0) is 6.42 Å². The average Bonchev–Trinajstić information content (AvgIpc) is 2.10. The Labute approximate surface area is 96.1 Å². The Morgan fingerprint density at radius 3 is 2.67 bits per heavy atom. The maximum Gasteiger partial charge on any atom is 0.0671 e. The molecule has 1 aromatic carbocycles. The second-order valence-corrected chi connectivity index (χ2v) is 4.70. The number of hydrogen-bond acceptors (Lipinski definition) is 2. The van der Waals surface area contributed by atoms with Crippen LogP contribution in [0.25, 0.3) is 0 Å². The highest BCUT2D eigenvalue weighted by molar-refractivity contribution is 6.31. The molecule has 1 atom stereocenters. The van der Waals surface area contributed by atoms with Crippen LogP contribution >= 0.6 is 11.6 Å². The standard InChI is InChI=1S/C12H18ClNO/c1-9-7-10(3-4-11(9)13)8-12(2,15)5-6-14/h3-4,7,15H,5-6,8,14H2,1-2H3. The van der Waals surface area contributed by atoms with Crippen LogP contribution in [0.3, 0.4) is 0 Å². The van der Waals surface area contributed by atoms with Gasteiger partial charge < -0.3 is 10.8 Å². The van der Waals surface area contributed by atoms with E-state index in [9.17, 15) is 5.11 Å². The van der Waals surface area contributed by atoms with Crippen molar-refractivity contribution in [1.29, 1.82) is 0 Å². The van der Waals surface area contributed by atoms with Crippen molar-refractivity contribution in [3.8, 4) is 0 Å². The lowest BCUT2D eigenvalue weighted by molar-refractivity contribution is 0.0539. The fourth-order valence-corrected chi connectivity index (χ4v) is 1.77. The van der Waals surface area contributed by atoms with E-state index in [0.29, 0.717) is 19.4 Å². The molecular weight excluding hydrogens is 210 g/mol. The molecule has 0 heterocycles. The predicted molar refractivity (Wildman–Crippen MR) is 64.2 cm³/mol. The van der Waals surface area contributed by atoms with Crippen LogP contribution in [0.15, 0.2) is 18.2 Å². The Morgan fingerprint density at radius 1 is 1.47 bits per heavy atom. The Morgan fingerprint density at radius 2 is 2.13 bits per heavy atom. The summed E-state index contributed by atoms with van der Waals surface area (Å²) in [6, 6.07) is 5.82. The molecule has 1 aromatic rings. The zero-order chi connectivity index (χ0) is 11.5. The van der Waals surface area contributed by atoms with E-state index in [0.717, 1.165) is 16.1 Å². The van der Waals surface area contributed by atoms with Crippen molar-refractivity contribution in [2.45, 2.75) is 32.3 Å². The van der Waals surface area contributed by atoms with E-state index in [1.807, 2.05) is 32.0 Å². The van der Waals surface area contributed by atoms with Crippen molar-refractivity contribution in [2.24, 2.45) is 5.73 Å². The molecule has 0 aliphatic carbocycles. The van der Waals surface area contributed by atoms with Crippen LogP contribution < -0.4 is 5.73 Å². The summed E-state index contributed by atoms with van der Waals surface area (Å²) in [5.41, 5.74) is 6.85. The molecule has 1 unspecified atom stereocenters. The third-order valence-electron chi connectivity index (χ3n) is 2.49. The van der Waals surface area contributed by atoms with Gasteiger partial charge in [0.15, 0.2) is 0 Å². The minimum Gasteiger partial charge on any atom is -0.390 e. The van der Waals surface area contributed by atoms with Crippen molar-refractivity contribution >= 4 is 11.6 Å². The minimum atomic E-state index is -0.727. The van der Waals surface area contributed by atoms with Crippen LogP contribution in [0.5, 0.6) is 0 Å². The molecule has 0 spiro atoms. The summed E-state index contributed by atoms with van der Waals surface area (Å²) in [5, 5.41) is 10.8. The summed E-state index contributed by atoms with van der Waals surface area (Å²) in [4.78, 5) is 0. The molecule has 2 nitrogen and oxygen atoms in total. The molecule has 0 saturated heterocycles. The van der Waals surface area contributed by atoms with Crippen LogP contribution in [0.2, 0.25) is 5.02 Å². The van der Waals surface area contributed by atoms with Gasteiger partial charge in [0.25, 0.3) is 0 Å². The molecule has 1 rings (SSSR count). The number of nitrogens with two attached hydrogens (primary N) is 1. The summed E-state index contributed by atoms with van der Waals surface area (Å²) >= 11 is 5.93. The molecule has 0 aromatic heterocycles. The van der Waals surface area contributed by atoms with E-state index >= 15 is 0 Å². The number of rotatable bonds is 4. The first-order valence-electron chi connectivity index (χ1n) is 5.12.